The number of nitrogens with one attached hydrogen (secondary N) is 2. The van der Waals surface area contributed by atoms with Gasteiger partial charge in [0.15, 0.2) is 5.78 Å². The van der Waals surface area contributed by atoms with Crippen molar-refractivity contribution in [3.63, 3.8) is 0 Å². The van der Waals surface area contributed by atoms with Crippen molar-refractivity contribution in [3.8, 4) is 11.8 Å². The van der Waals surface area contributed by atoms with Crippen molar-refractivity contribution in [1.29, 1.82) is 5.26 Å². The van der Waals surface area contributed by atoms with Crippen LogP contribution in [0, 0.1) is 17.1 Å². The van der Waals surface area contributed by atoms with Gasteiger partial charge in [-0.2, -0.15) is 5.26 Å². The first-order valence-electron chi connectivity index (χ1n) is 11.2. The number of benzene rings is 2. The molecular formula is C26H22FN5O4. The summed E-state index contributed by atoms with van der Waals surface area (Å²) in [5, 5.41) is 14.1. The molecule has 0 bridgehead atoms. The molecule has 1 aromatic heterocycles. The van der Waals surface area contributed by atoms with Gasteiger partial charge in [0.2, 0.25) is 0 Å². The summed E-state index contributed by atoms with van der Waals surface area (Å²) in [6, 6.07) is 12.5. The van der Waals surface area contributed by atoms with Gasteiger partial charge in [-0.15, -0.1) is 0 Å². The van der Waals surface area contributed by atoms with Gasteiger partial charge in [0.05, 0.1) is 16.7 Å². The Balaban J connectivity index is 1.56. The minimum Gasteiger partial charge on any atom is -0.422 e. The number of ether oxygens (including phenoxy) is 1. The highest BCUT2D eigenvalue weighted by atomic mass is 19.1. The van der Waals surface area contributed by atoms with Crippen molar-refractivity contribution < 1.29 is 23.5 Å². The smallest absolute Gasteiger partial charge is 0.343 e. The Kier molecular flexibility index (Phi) is 6.92. The maximum atomic E-state index is 15.0. The number of halogens is 1. The van der Waals surface area contributed by atoms with E-state index in [0.29, 0.717) is 17.7 Å². The van der Waals surface area contributed by atoms with Crippen LogP contribution in [0.15, 0.2) is 54.7 Å². The van der Waals surface area contributed by atoms with Crippen LogP contribution in [0.2, 0.25) is 0 Å². The van der Waals surface area contributed by atoms with Gasteiger partial charge in [-0.25, -0.2) is 19.0 Å². The van der Waals surface area contributed by atoms with Gasteiger partial charge < -0.3 is 15.8 Å². The quantitative estimate of drug-likeness (QED) is 0.196. The minimum atomic E-state index is -0.783. The van der Waals surface area contributed by atoms with Crippen molar-refractivity contribution in [2.75, 3.05) is 11.1 Å². The van der Waals surface area contributed by atoms with Crippen molar-refractivity contribution in [1.82, 2.24) is 10.3 Å². The highest BCUT2D eigenvalue weighted by Gasteiger charge is 2.44. The number of Topliss-reactive ketones (excluding diaryl/α,β-unsaturated/α-hetero) is 1. The second-order valence-corrected chi connectivity index (χ2v) is 8.22. The molecule has 1 aliphatic rings. The molecule has 0 radical (unpaired) electrons. The molecule has 4 rings (SSSR count). The molecule has 0 unspecified atom stereocenters. The number of carbonyl (C=O) groups is 3. The number of nitrogen functional groups attached to an aromatic ring is 1. The Labute approximate surface area is 206 Å². The highest BCUT2D eigenvalue weighted by molar-refractivity contribution is 6.01. The van der Waals surface area contributed by atoms with Crippen molar-refractivity contribution in [2.24, 2.45) is 0 Å². The van der Waals surface area contributed by atoms with Gasteiger partial charge >= 0.3 is 12.0 Å². The fourth-order valence-corrected chi connectivity index (χ4v) is 3.79. The van der Waals surface area contributed by atoms with Crippen LogP contribution in [0.3, 0.4) is 0 Å². The van der Waals surface area contributed by atoms with Crippen LogP contribution in [-0.2, 0) is 0 Å². The Morgan fingerprint density at radius 1 is 1.22 bits per heavy atom. The lowest BCUT2D eigenvalue weighted by Crippen LogP contribution is -2.31. The molecule has 1 saturated carbocycles. The van der Waals surface area contributed by atoms with E-state index >= 15 is 4.39 Å². The average Bonchev–Trinajstić information content (AvgIpc) is 3.62. The van der Waals surface area contributed by atoms with E-state index in [9.17, 15) is 14.4 Å². The van der Waals surface area contributed by atoms with Crippen LogP contribution < -0.4 is 21.1 Å². The molecule has 1 fully saturated rings. The molecule has 9 nitrogen and oxygen atoms in total. The highest BCUT2D eigenvalue weighted by Crippen LogP contribution is 2.47. The van der Waals surface area contributed by atoms with E-state index in [0.717, 1.165) is 6.07 Å². The van der Waals surface area contributed by atoms with E-state index in [1.807, 2.05) is 6.07 Å². The summed E-state index contributed by atoms with van der Waals surface area (Å²) in [7, 11) is 0. The SMILES string of the molecule is CCC(=O)c1ccc(F)c([C@@H]2C[C@@H]2NC(=O)Nc2ccc(C#N)cn2)c1OC(=O)c1cccc(N)c1. The molecule has 3 aromatic rings. The van der Waals surface area contributed by atoms with Crippen LogP contribution in [0.1, 0.15) is 57.5 Å². The molecule has 36 heavy (non-hydrogen) atoms. The number of anilines is 2. The Bertz CT molecular complexity index is 1380. The zero-order valence-electron chi connectivity index (χ0n) is 19.2. The number of nitriles is 1. The lowest BCUT2D eigenvalue weighted by Gasteiger charge is -2.15. The predicted octanol–water partition coefficient (Wildman–Crippen LogP) is 4.16. The second-order valence-electron chi connectivity index (χ2n) is 8.22. The summed E-state index contributed by atoms with van der Waals surface area (Å²) < 4.78 is 20.6. The molecule has 10 heteroatoms. The standard InChI is InChI=1S/C26H22FN5O4/c1-2-21(33)17-7-8-19(27)23(24(17)36-25(34)15-4-3-5-16(29)10-15)18-11-20(18)31-26(35)32-22-9-6-14(12-28)13-30-22/h3-10,13,18,20H,2,11,29H2,1H3,(H2,30,31,32,35)/t18-,20+/m1/s1. The normalized spacial score (nSPS) is 15.9. The number of esters is 1. The number of pyridine rings is 1. The summed E-state index contributed by atoms with van der Waals surface area (Å²) in [6.45, 7) is 1.65. The number of ketones is 1. The van der Waals surface area contributed by atoms with Gasteiger partial charge in [-0.3, -0.25) is 10.1 Å². The fraction of sp³-hybridized carbons (Fsp3) is 0.192. The Morgan fingerprint density at radius 2 is 2.03 bits per heavy atom. The number of nitrogens with two attached hydrogens (primary N) is 1. The summed E-state index contributed by atoms with van der Waals surface area (Å²) >= 11 is 0. The Hall–Kier alpha value is -4.78. The van der Waals surface area contributed by atoms with Gasteiger partial charge in [0.1, 0.15) is 23.5 Å². The molecule has 1 aliphatic carbocycles. The zero-order valence-corrected chi connectivity index (χ0v) is 19.2. The molecule has 0 aliphatic heterocycles. The van der Waals surface area contributed by atoms with E-state index in [4.69, 9.17) is 15.7 Å². The molecular weight excluding hydrogens is 465 g/mol. The largest absolute Gasteiger partial charge is 0.422 e. The second kappa shape index (κ2) is 10.2. The maximum Gasteiger partial charge on any atom is 0.343 e. The number of carbonyl (C=O) groups excluding carboxylic acids is 3. The lowest BCUT2D eigenvalue weighted by molar-refractivity contribution is 0.0730. The molecule has 0 spiro atoms. The summed E-state index contributed by atoms with van der Waals surface area (Å²) in [6.07, 6.45) is 1.82. The maximum absolute atomic E-state index is 15.0. The summed E-state index contributed by atoms with van der Waals surface area (Å²) in [4.78, 5) is 41.8. The van der Waals surface area contributed by atoms with Crippen LogP contribution in [0.5, 0.6) is 5.75 Å². The predicted molar refractivity (Wildman–Crippen MR) is 129 cm³/mol. The molecule has 0 saturated heterocycles. The van der Waals surface area contributed by atoms with E-state index in [2.05, 4.69) is 15.6 Å². The summed E-state index contributed by atoms with van der Waals surface area (Å²) in [5.74, 6) is -2.19. The number of hydrogen-bond donors (Lipinski definition) is 3. The third kappa shape index (κ3) is 5.31. The van der Waals surface area contributed by atoms with Crippen LogP contribution in [-0.4, -0.2) is 28.8 Å². The first-order chi connectivity index (χ1) is 17.3. The van der Waals surface area contributed by atoms with Gasteiger partial charge in [-0.05, 0) is 48.9 Å². The average molecular weight is 487 g/mol. The molecule has 4 N–H and O–H groups in total. The van der Waals surface area contributed by atoms with Gasteiger partial charge in [-0.1, -0.05) is 13.0 Å². The van der Waals surface area contributed by atoms with Crippen LogP contribution in [0.4, 0.5) is 20.7 Å². The zero-order chi connectivity index (χ0) is 25.8. The number of rotatable bonds is 7. The van der Waals surface area contributed by atoms with Gasteiger partial charge in [0.25, 0.3) is 0 Å². The van der Waals surface area contributed by atoms with E-state index in [1.165, 1.54) is 36.5 Å². The summed E-state index contributed by atoms with van der Waals surface area (Å²) in [5.41, 5.74) is 6.74. The van der Waals surface area contributed by atoms with Crippen LogP contribution in [0.25, 0.3) is 0 Å². The number of amides is 2. The van der Waals surface area contributed by atoms with Gasteiger partial charge in [0, 0.05) is 35.8 Å². The third-order valence-electron chi connectivity index (χ3n) is 5.69. The fourth-order valence-electron chi connectivity index (χ4n) is 3.79. The third-order valence-corrected chi connectivity index (χ3v) is 5.69. The topological polar surface area (TPSA) is 147 Å². The van der Waals surface area contributed by atoms with Crippen LogP contribution >= 0.6 is 0 Å². The number of hydrogen-bond acceptors (Lipinski definition) is 7. The molecule has 2 aromatic carbocycles. The molecule has 2 amide bonds. The molecule has 2 atom stereocenters. The van der Waals surface area contributed by atoms with E-state index in [1.54, 1.807) is 19.1 Å². The van der Waals surface area contributed by atoms with Crippen molar-refractivity contribution >= 4 is 29.3 Å². The lowest BCUT2D eigenvalue weighted by atomic mass is 9.99. The number of aromatic nitrogens is 1. The van der Waals surface area contributed by atoms with E-state index in [-0.39, 0.29) is 40.5 Å². The van der Waals surface area contributed by atoms with E-state index < -0.39 is 29.8 Å². The Morgan fingerprint density at radius 3 is 2.69 bits per heavy atom. The monoisotopic (exact) mass is 487 g/mol. The number of urea groups is 1. The number of nitrogens with zero attached hydrogens (tertiary/aromatic N) is 2. The minimum absolute atomic E-state index is 0.0494. The molecule has 182 valence electrons. The van der Waals surface area contributed by atoms with Crippen molar-refractivity contribution in [3.05, 3.63) is 82.8 Å². The van der Waals surface area contributed by atoms with Crippen molar-refractivity contribution in [2.45, 2.75) is 31.7 Å². The first kappa shape index (κ1) is 24.3. The first-order valence-corrected chi connectivity index (χ1v) is 11.2. The molecule has 1 heterocycles.